The first-order valence-electron chi connectivity index (χ1n) is 10.1. The lowest BCUT2D eigenvalue weighted by Gasteiger charge is -2.13. The second-order valence-electron chi connectivity index (χ2n) is 7.28. The lowest BCUT2D eigenvalue weighted by Crippen LogP contribution is -2.02. The number of hydrogen-bond acceptors (Lipinski definition) is 4. The maximum atomic E-state index is 6.58. The van der Waals surface area contributed by atoms with Crippen LogP contribution in [0.5, 0.6) is 0 Å². The molecule has 0 radical (unpaired) electrons. The molecule has 0 fully saturated rings. The number of halogens is 3. The fourth-order valence-electron chi connectivity index (χ4n) is 3.37. The summed E-state index contributed by atoms with van der Waals surface area (Å²) in [6.07, 6.45) is 1.77. The maximum absolute atomic E-state index is 6.58. The largest absolute Gasteiger partial charge is 0.296 e. The van der Waals surface area contributed by atoms with E-state index < -0.39 is 0 Å². The molecule has 1 unspecified atom stereocenters. The molecular formula is C23H21Cl3N4S. The van der Waals surface area contributed by atoms with Gasteiger partial charge < -0.3 is 0 Å². The van der Waals surface area contributed by atoms with E-state index in [1.165, 1.54) is 0 Å². The van der Waals surface area contributed by atoms with Gasteiger partial charge in [0.25, 0.3) is 0 Å². The summed E-state index contributed by atoms with van der Waals surface area (Å²) in [6.45, 7) is 6.42. The molecule has 0 aliphatic rings. The number of benzene rings is 2. The molecular weight excluding hydrogens is 471 g/mol. The van der Waals surface area contributed by atoms with Crippen LogP contribution in [0.3, 0.4) is 0 Å². The Hall–Kier alpha value is -1.92. The van der Waals surface area contributed by atoms with E-state index in [2.05, 4.69) is 35.5 Å². The molecule has 2 aromatic heterocycles. The molecule has 2 heterocycles. The Labute approximate surface area is 200 Å². The minimum absolute atomic E-state index is 0.361. The van der Waals surface area contributed by atoms with Gasteiger partial charge in [-0.15, -0.1) is 10.2 Å². The second kappa shape index (κ2) is 9.29. The topological polar surface area (TPSA) is 43.6 Å². The van der Waals surface area contributed by atoms with Crippen molar-refractivity contribution in [3.63, 3.8) is 0 Å². The maximum Gasteiger partial charge on any atom is 0.168 e. The molecule has 0 aliphatic heterocycles. The highest BCUT2D eigenvalue weighted by atomic mass is 35.5. The number of aromatic nitrogens is 4. The summed E-state index contributed by atoms with van der Waals surface area (Å²) >= 11 is 20.5. The smallest absolute Gasteiger partial charge is 0.168 e. The van der Waals surface area contributed by atoms with Crippen LogP contribution >= 0.6 is 46.1 Å². The summed E-state index contributed by atoms with van der Waals surface area (Å²) in [5.74, 6) is 1.09. The third-order valence-corrected chi connectivity index (χ3v) is 7.20. The Bertz CT molecular complexity index is 1210. The van der Waals surface area contributed by atoms with E-state index in [1.807, 2.05) is 36.4 Å². The van der Waals surface area contributed by atoms with Crippen LogP contribution in [0, 0.1) is 0 Å². The van der Waals surface area contributed by atoms with Crippen LogP contribution in [0.2, 0.25) is 15.1 Å². The minimum atomic E-state index is 0.361. The van der Waals surface area contributed by atoms with E-state index in [-0.39, 0.29) is 0 Å². The summed E-state index contributed by atoms with van der Waals surface area (Å²) in [5, 5.41) is 12.5. The van der Waals surface area contributed by atoms with Crippen molar-refractivity contribution in [1.82, 2.24) is 19.7 Å². The molecule has 0 aliphatic carbocycles. The van der Waals surface area contributed by atoms with E-state index in [0.717, 1.165) is 51.3 Å². The monoisotopic (exact) mass is 490 g/mol. The third kappa shape index (κ3) is 4.37. The van der Waals surface area contributed by atoms with Crippen LogP contribution in [0.4, 0.5) is 0 Å². The van der Waals surface area contributed by atoms with Gasteiger partial charge in [-0.3, -0.25) is 4.57 Å². The van der Waals surface area contributed by atoms with Gasteiger partial charge >= 0.3 is 0 Å². The molecule has 0 spiro atoms. The van der Waals surface area contributed by atoms with Crippen molar-refractivity contribution in [3.05, 3.63) is 68.2 Å². The highest BCUT2D eigenvalue weighted by molar-refractivity contribution is 7.14. The van der Waals surface area contributed by atoms with E-state index in [1.54, 1.807) is 17.4 Å². The Kier molecular flexibility index (Phi) is 6.68. The van der Waals surface area contributed by atoms with Crippen LogP contribution in [0.25, 0.3) is 27.8 Å². The van der Waals surface area contributed by atoms with Crippen LogP contribution in [0.15, 0.2) is 42.5 Å². The van der Waals surface area contributed by atoms with Crippen molar-refractivity contribution in [2.24, 2.45) is 0 Å². The van der Waals surface area contributed by atoms with Crippen LogP contribution in [-0.4, -0.2) is 19.7 Å². The van der Waals surface area contributed by atoms with Crippen molar-refractivity contribution < 1.29 is 0 Å². The van der Waals surface area contributed by atoms with Crippen LogP contribution < -0.4 is 0 Å². The van der Waals surface area contributed by atoms with E-state index in [0.29, 0.717) is 21.0 Å². The molecule has 8 heteroatoms. The number of nitrogens with zero attached hydrogens (tertiary/aromatic N) is 4. The lowest BCUT2D eigenvalue weighted by molar-refractivity contribution is 0.715. The average molecular weight is 492 g/mol. The molecule has 1 atom stereocenters. The molecule has 0 amide bonds. The lowest BCUT2D eigenvalue weighted by atomic mass is 10.1. The van der Waals surface area contributed by atoms with Gasteiger partial charge in [0.2, 0.25) is 0 Å². The first-order valence-corrected chi connectivity index (χ1v) is 12.0. The SMILES string of the molecule is CCc1c(-c2nnc(C(C)CC)s2)nc(-c2ccc(Cl)cc2Cl)n1-c1ccc(Cl)cc1. The minimum Gasteiger partial charge on any atom is -0.296 e. The summed E-state index contributed by atoms with van der Waals surface area (Å²) in [7, 11) is 0. The average Bonchev–Trinajstić information content (AvgIpc) is 3.38. The van der Waals surface area contributed by atoms with Gasteiger partial charge in [0.15, 0.2) is 5.01 Å². The fraction of sp³-hybridized carbons (Fsp3) is 0.261. The Morgan fingerprint density at radius 3 is 2.32 bits per heavy atom. The molecule has 31 heavy (non-hydrogen) atoms. The van der Waals surface area contributed by atoms with Crippen LogP contribution in [-0.2, 0) is 6.42 Å². The van der Waals surface area contributed by atoms with Crippen molar-refractivity contribution in [2.75, 3.05) is 0 Å². The second-order valence-corrected chi connectivity index (χ2v) is 9.56. The Balaban J connectivity index is 1.97. The van der Waals surface area contributed by atoms with E-state index >= 15 is 0 Å². The Morgan fingerprint density at radius 1 is 0.968 bits per heavy atom. The predicted molar refractivity (Wildman–Crippen MR) is 131 cm³/mol. The molecule has 0 saturated carbocycles. The van der Waals surface area contributed by atoms with Gasteiger partial charge in [-0.1, -0.05) is 66.9 Å². The standard InChI is InChI=1S/C23H21Cl3N4S/c1-4-13(3)22-28-29-23(31-22)20-19(5-2)30(16-9-6-14(24)7-10-16)21(27-20)17-11-8-15(25)12-18(17)26/h6-13H,4-5H2,1-3H3. The summed E-state index contributed by atoms with van der Waals surface area (Å²) in [6, 6.07) is 13.1. The molecule has 0 bridgehead atoms. The van der Waals surface area contributed by atoms with Gasteiger partial charge in [-0.05, 0) is 55.3 Å². The van der Waals surface area contributed by atoms with Crippen molar-refractivity contribution >= 4 is 46.1 Å². The first kappa shape index (κ1) is 22.3. The normalized spacial score (nSPS) is 12.3. The van der Waals surface area contributed by atoms with Crippen molar-refractivity contribution in [3.8, 4) is 27.8 Å². The zero-order valence-corrected chi connectivity index (χ0v) is 20.4. The molecule has 4 rings (SSSR count). The molecule has 0 N–H and O–H groups in total. The third-order valence-electron chi connectivity index (χ3n) is 5.24. The number of imidazole rings is 1. The van der Waals surface area contributed by atoms with Gasteiger partial charge in [0.1, 0.15) is 16.5 Å². The van der Waals surface area contributed by atoms with Crippen molar-refractivity contribution in [2.45, 2.75) is 39.5 Å². The highest BCUT2D eigenvalue weighted by Crippen LogP contribution is 2.38. The molecule has 4 aromatic rings. The van der Waals surface area contributed by atoms with Gasteiger partial charge in [0.05, 0.1) is 10.7 Å². The zero-order valence-electron chi connectivity index (χ0n) is 17.4. The summed E-state index contributed by atoms with van der Waals surface area (Å²) in [4.78, 5) is 5.02. The number of hydrogen-bond donors (Lipinski definition) is 0. The van der Waals surface area contributed by atoms with Crippen molar-refractivity contribution in [1.29, 1.82) is 0 Å². The predicted octanol–water partition coefficient (Wildman–Crippen LogP) is 8.09. The highest BCUT2D eigenvalue weighted by Gasteiger charge is 2.24. The molecule has 0 saturated heterocycles. The van der Waals surface area contributed by atoms with Crippen LogP contribution in [0.1, 0.15) is 43.8 Å². The molecule has 4 nitrogen and oxygen atoms in total. The van der Waals surface area contributed by atoms with Gasteiger partial charge in [-0.2, -0.15) is 0 Å². The van der Waals surface area contributed by atoms with Gasteiger partial charge in [-0.25, -0.2) is 4.98 Å². The van der Waals surface area contributed by atoms with E-state index in [9.17, 15) is 0 Å². The fourth-order valence-corrected chi connectivity index (χ4v) is 4.98. The first-order chi connectivity index (χ1) is 14.9. The summed E-state index contributed by atoms with van der Waals surface area (Å²) in [5.41, 5.74) is 3.61. The molecule has 2 aromatic carbocycles. The number of rotatable bonds is 6. The summed E-state index contributed by atoms with van der Waals surface area (Å²) < 4.78 is 2.12. The Morgan fingerprint density at radius 2 is 1.68 bits per heavy atom. The van der Waals surface area contributed by atoms with E-state index in [4.69, 9.17) is 39.8 Å². The molecule has 160 valence electrons. The van der Waals surface area contributed by atoms with Gasteiger partial charge in [0, 0.05) is 27.2 Å². The zero-order chi connectivity index (χ0) is 22.1. The quantitative estimate of drug-likeness (QED) is 0.274.